The molecule has 2 aromatic rings. The van der Waals surface area contributed by atoms with E-state index in [1.807, 2.05) is 13.8 Å². The Hall–Kier alpha value is -2.65. The molecule has 0 aliphatic heterocycles. The van der Waals surface area contributed by atoms with Gasteiger partial charge in [-0.25, -0.2) is 4.39 Å². The Morgan fingerprint density at radius 1 is 1.10 bits per heavy atom. The van der Waals surface area contributed by atoms with Gasteiger partial charge in [0.25, 0.3) is 0 Å². The minimum atomic E-state index is -4.20. The molecule has 7 nitrogen and oxygen atoms in total. The molecular weight excluding hydrogens is 413 g/mol. The fraction of sp³-hybridized carbons (Fsp3) is 0.381. The molecule has 164 valence electrons. The number of hydrogen-bond donors (Lipinski definition) is 0. The first-order valence-corrected chi connectivity index (χ1v) is 10.8. The van der Waals surface area contributed by atoms with Crippen molar-refractivity contribution in [2.75, 3.05) is 20.8 Å². The number of benzene rings is 2. The molecule has 30 heavy (non-hydrogen) atoms. The number of carbonyl (C=O) groups is 1. The van der Waals surface area contributed by atoms with E-state index in [1.54, 1.807) is 17.0 Å². The van der Waals surface area contributed by atoms with E-state index >= 15 is 0 Å². The first kappa shape index (κ1) is 23.6. The highest BCUT2D eigenvalue weighted by atomic mass is 32.2. The topological polar surface area (TPSA) is 82.1 Å². The number of hydrogen-bond acceptors (Lipinski definition) is 6. The fourth-order valence-electron chi connectivity index (χ4n) is 2.77. The van der Waals surface area contributed by atoms with Crippen molar-refractivity contribution in [2.24, 2.45) is 0 Å². The van der Waals surface area contributed by atoms with Crippen molar-refractivity contribution >= 4 is 16.0 Å². The zero-order valence-corrected chi connectivity index (χ0v) is 18.2. The van der Waals surface area contributed by atoms with Crippen molar-refractivity contribution < 1.29 is 31.3 Å². The van der Waals surface area contributed by atoms with Gasteiger partial charge < -0.3 is 18.6 Å². The van der Waals surface area contributed by atoms with Gasteiger partial charge >= 0.3 is 10.1 Å². The second kappa shape index (κ2) is 10.4. The van der Waals surface area contributed by atoms with E-state index in [4.69, 9.17) is 13.7 Å². The largest absolute Gasteiger partial charge is 0.493 e. The lowest BCUT2D eigenvalue weighted by Crippen LogP contribution is -2.39. The predicted molar refractivity (Wildman–Crippen MR) is 109 cm³/mol. The third-order valence-corrected chi connectivity index (χ3v) is 5.84. The molecule has 0 N–H and O–H groups in total. The highest BCUT2D eigenvalue weighted by Gasteiger charge is 2.22. The minimum absolute atomic E-state index is 0.0254. The Bertz CT molecular complexity index is 962. The van der Waals surface area contributed by atoms with Gasteiger partial charge in [-0.2, -0.15) is 8.42 Å². The molecule has 2 rings (SSSR count). The van der Waals surface area contributed by atoms with Crippen molar-refractivity contribution in [3.63, 3.8) is 0 Å². The van der Waals surface area contributed by atoms with Crippen LogP contribution in [0.3, 0.4) is 0 Å². The third kappa shape index (κ3) is 5.93. The molecule has 0 aliphatic carbocycles. The van der Waals surface area contributed by atoms with E-state index in [0.717, 1.165) is 30.7 Å². The Labute approximate surface area is 176 Å². The van der Waals surface area contributed by atoms with Crippen LogP contribution in [0.25, 0.3) is 0 Å². The average molecular weight is 440 g/mol. The van der Waals surface area contributed by atoms with E-state index in [2.05, 4.69) is 0 Å². The van der Waals surface area contributed by atoms with E-state index in [-0.39, 0.29) is 41.5 Å². The predicted octanol–water partition coefficient (Wildman–Crippen LogP) is 3.38. The number of methoxy groups -OCH3 is 2. The number of ether oxygens (including phenoxy) is 2. The average Bonchev–Trinajstić information content (AvgIpc) is 2.71. The summed E-state index contributed by atoms with van der Waals surface area (Å²) in [7, 11) is -1.36. The molecule has 2 aromatic carbocycles. The SMILES string of the molecule is CC[C@@H](C)N(Cc1ccc(OC)c(OS(=O)(=O)c2ccc(F)cc2)c1)C(=O)COC. The summed E-state index contributed by atoms with van der Waals surface area (Å²) in [5, 5.41) is 0. The summed E-state index contributed by atoms with van der Waals surface area (Å²) in [6.45, 7) is 4.08. The number of amides is 1. The molecule has 0 saturated carbocycles. The van der Waals surface area contributed by atoms with Crippen LogP contribution < -0.4 is 8.92 Å². The van der Waals surface area contributed by atoms with Crippen molar-refractivity contribution in [3.05, 3.63) is 53.8 Å². The Kier molecular flexibility index (Phi) is 8.19. The van der Waals surface area contributed by atoms with Crippen LogP contribution in [-0.2, 0) is 26.2 Å². The standard InChI is InChI=1S/C21H26FNO6S/c1-5-15(2)23(21(24)14-27-3)13-16-6-11-19(28-4)20(12-16)29-30(25,26)18-9-7-17(22)8-10-18/h6-12,15H,5,13-14H2,1-4H3/t15-/m1/s1. The fourth-order valence-corrected chi connectivity index (χ4v) is 3.70. The molecule has 1 atom stereocenters. The van der Waals surface area contributed by atoms with Gasteiger partial charge in [0.1, 0.15) is 17.3 Å². The summed E-state index contributed by atoms with van der Waals surface area (Å²) < 4.78 is 53.7. The van der Waals surface area contributed by atoms with Gasteiger partial charge in [-0.05, 0) is 55.3 Å². The highest BCUT2D eigenvalue weighted by molar-refractivity contribution is 7.87. The maximum Gasteiger partial charge on any atom is 0.339 e. The smallest absolute Gasteiger partial charge is 0.339 e. The molecule has 0 aromatic heterocycles. The zero-order chi connectivity index (χ0) is 22.3. The zero-order valence-electron chi connectivity index (χ0n) is 17.4. The van der Waals surface area contributed by atoms with Crippen molar-refractivity contribution in [1.29, 1.82) is 0 Å². The lowest BCUT2D eigenvalue weighted by molar-refractivity contribution is -0.138. The van der Waals surface area contributed by atoms with Crippen LogP contribution in [0.2, 0.25) is 0 Å². The van der Waals surface area contributed by atoms with Crippen LogP contribution in [-0.4, -0.2) is 46.1 Å². The van der Waals surface area contributed by atoms with Gasteiger partial charge in [0.05, 0.1) is 7.11 Å². The van der Waals surface area contributed by atoms with E-state index in [0.29, 0.717) is 5.56 Å². The van der Waals surface area contributed by atoms with Gasteiger partial charge in [-0.1, -0.05) is 13.0 Å². The third-order valence-electron chi connectivity index (χ3n) is 4.59. The number of halogens is 1. The number of rotatable bonds is 10. The van der Waals surface area contributed by atoms with Gasteiger partial charge in [-0.3, -0.25) is 4.79 Å². The van der Waals surface area contributed by atoms with E-state index < -0.39 is 15.9 Å². The maximum absolute atomic E-state index is 13.1. The van der Waals surface area contributed by atoms with Crippen molar-refractivity contribution in [1.82, 2.24) is 4.90 Å². The monoisotopic (exact) mass is 439 g/mol. The van der Waals surface area contributed by atoms with Crippen molar-refractivity contribution in [2.45, 2.75) is 37.8 Å². The Morgan fingerprint density at radius 3 is 2.33 bits per heavy atom. The molecule has 0 aliphatic rings. The van der Waals surface area contributed by atoms with Gasteiger partial charge in [0.15, 0.2) is 11.5 Å². The quantitative estimate of drug-likeness (QED) is 0.528. The maximum atomic E-state index is 13.1. The molecule has 0 bridgehead atoms. The van der Waals surface area contributed by atoms with Crippen LogP contribution >= 0.6 is 0 Å². The normalized spacial score (nSPS) is 12.3. The molecule has 9 heteroatoms. The van der Waals surface area contributed by atoms with E-state index in [1.165, 1.54) is 20.3 Å². The number of carbonyl (C=O) groups excluding carboxylic acids is 1. The second-order valence-corrected chi connectivity index (χ2v) is 8.23. The van der Waals surface area contributed by atoms with Gasteiger partial charge in [0, 0.05) is 19.7 Å². The summed E-state index contributed by atoms with van der Waals surface area (Å²) in [4.78, 5) is 13.9. The molecular formula is C21H26FNO6S. The van der Waals surface area contributed by atoms with Crippen LogP contribution in [0, 0.1) is 5.82 Å². The van der Waals surface area contributed by atoms with Crippen LogP contribution in [0.5, 0.6) is 11.5 Å². The molecule has 0 unspecified atom stereocenters. The minimum Gasteiger partial charge on any atom is -0.493 e. The van der Waals surface area contributed by atoms with E-state index in [9.17, 15) is 17.6 Å². The molecule has 0 heterocycles. The first-order chi connectivity index (χ1) is 14.2. The van der Waals surface area contributed by atoms with Crippen LogP contribution in [0.15, 0.2) is 47.4 Å². The lowest BCUT2D eigenvalue weighted by atomic mass is 10.1. The molecule has 0 fully saturated rings. The molecule has 0 radical (unpaired) electrons. The van der Waals surface area contributed by atoms with Gasteiger partial charge in [0.2, 0.25) is 5.91 Å². The van der Waals surface area contributed by atoms with Gasteiger partial charge in [-0.15, -0.1) is 0 Å². The second-order valence-electron chi connectivity index (χ2n) is 6.69. The number of nitrogens with zero attached hydrogens (tertiary/aromatic N) is 1. The van der Waals surface area contributed by atoms with Crippen LogP contribution in [0.1, 0.15) is 25.8 Å². The summed E-state index contributed by atoms with van der Waals surface area (Å²) >= 11 is 0. The summed E-state index contributed by atoms with van der Waals surface area (Å²) in [6, 6.07) is 9.08. The molecule has 1 amide bonds. The Balaban J connectivity index is 2.34. The summed E-state index contributed by atoms with van der Waals surface area (Å²) in [5.41, 5.74) is 0.657. The summed E-state index contributed by atoms with van der Waals surface area (Å²) in [5.74, 6) is -0.547. The summed E-state index contributed by atoms with van der Waals surface area (Å²) in [6.07, 6.45) is 0.744. The molecule has 0 spiro atoms. The van der Waals surface area contributed by atoms with Crippen molar-refractivity contribution in [3.8, 4) is 11.5 Å². The first-order valence-electron chi connectivity index (χ1n) is 9.37. The highest BCUT2D eigenvalue weighted by Crippen LogP contribution is 2.31. The van der Waals surface area contributed by atoms with Crippen LogP contribution in [0.4, 0.5) is 4.39 Å². The lowest BCUT2D eigenvalue weighted by Gasteiger charge is -2.28. The Morgan fingerprint density at radius 2 is 1.77 bits per heavy atom. The molecule has 0 saturated heterocycles.